The van der Waals surface area contributed by atoms with Crippen LogP contribution < -0.4 is 10.9 Å². The van der Waals surface area contributed by atoms with E-state index in [1.165, 1.54) is 18.2 Å². The van der Waals surface area contributed by atoms with Crippen LogP contribution in [-0.4, -0.2) is 16.7 Å². The minimum atomic E-state index is -0.601. The number of hydrazine groups is 1. The first kappa shape index (κ1) is 15.6. The topological polar surface area (TPSA) is 101 Å². The molecule has 0 fully saturated rings. The van der Waals surface area contributed by atoms with Crippen LogP contribution in [0.15, 0.2) is 24.3 Å². The van der Waals surface area contributed by atoms with Crippen LogP contribution in [0.4, 0.5) is 5.69 Å². The second-order valence-electron chi connectivity index (χ2n) is 5.55. The fourth-order valence-electron chi connectivity index (χ4n) is 1.49. The highest BCUT2D eigenvalue weighted by atomic mass is 16.6. The molecule has 0 bridgehead atoms. The average molecular weight is 279 g/mol. The largest absolute Gasteiger partial charge is 0.273 e. The van der Waals surface area contributed by atoms with Gasteiger partial charge in [0.2, 0.25) is 5.91 Å². The molecule has 0 aliphatic rings. The summed E-state index contributed by atoms with van der Waals surface area (Å²) in [5.74, 6) is -0.924. The summed E-state index contributed by atoms with van der Waals surface area (Å²) in [4.78, 5) is 33.3. The van der Waals surface area contributed by atoms with E-state index in [1.54, 1.807) is 0 Å². The summed E-state index contributed by atoms with van der Waals surface area (Å²) in [5, 5.41) is 10.6. The molecule has 0 spiro atoms. The predicted molar refractivity (Wildman–Crippen MR) is 72.8 cm³/mol. The quantitative estimate of drug-likeness (QED) is 0.650. The highest BCUT2D eigenvalue weighted by Gasteiger charge is 2.17. The van der Waals surface area contributed by atoms with Crippen molar-refractivity contribution >= 4 is 17.5 Å². The molecule has 0 saturated carbocycles. The Morgan fingerprint density at radius 2 is 1.90 bits per heavy atom. The first-order valence-corrected chi connectivity index (χ1v) is 6.03. The number of non-ortho nitro benzene ring substituents is 1. The van der Waals surface area contributed by atoms with Crippen LogP contribution >= 0.6 is 0 Å². The van der Waals surface area contributed by atoms with Gasteiger partial charge in [0.05, 0.1) is 4.92 Å². The molecule has 0 aliphatic carbocycles. The minimum Gasteiger partial charge on any atom is -0.273 e. The van der Waals surface area contributed by atoms with Gasteiger partial charge in [-0.2, -0.15) is 0 Å². The Bertz CT molecular complexity index is 535. The second-order valence-corrected chi connectivity index (χ2v) is 5.55. The summed E-state index contributed by atoms with van der Waals surface area (Å²) in [5.41, 5.74) is 4.24. The molecule has 0 saturated heterocycles. The molecule has 0 aromatic heterocycles. The summed E-state index contributed by atoms with van der Waals surface area (Å²) >= 11 is 0. The second kappa shape index (κ2) is 6.14. The Balaban J connectivity index is 2.61. The lowest BCUT2D eigenvalue weighted by molar-refractivity contribution is -0.384. The number of nitrogens with zero attached hydrogens (tertiary/aromatic N) is 1. The van der Waals surface area contributed by atoms with Gasteiger partial charge in [0.25, 0.3) is 11.6 Å². The molecule has 2 N–H and O–H groups in total. The van der Waals surface area contributed by atoms with E-state index in [1.807, 2.05) is 20.8 Å². The molecule has 0 radical (unpaired) electrons. The van der Waals surface area contributed by atoms with Gasteiger partial charge in [-0.05, 0) is 11.5 Å². The van der Waals surface area contributed by atoms with Gasteiger partial charge in [0, 0.05) is 24.1 Å². The van der Waals surface area contributed by atoms with Crippen molar-refractivity contribution in [2.24, 2.45) is 5.41 Å². The van der Waals surface area contributed by atoms with Gasteiger partial charge >= 0.3 is 0 Å². The maximum Gasteiger partial charge on any atom is 0.270 e. The van der Waals surface area contributed by atoms with Crippen LogP contribution in [0, 0.1) is 15.5 Å². The predicted octanol–water partition coefficient (Wildman–Crippen LogP) is 1.79. The highest BCUT2D eigenvalue weighted by Crippen LogP contribution is 2.17. The number of benzene rings is 1. The fraction of sp³-hybridized carbons (Fsp3) is 0.385. The van der Waals surface area contributed by atoms with E-state index in [4.69, 9.17) is 0 Å². The van der Waals surface area contributed by atoms with E-state index in [0.717, 1.165) is 6.07 Å². The third-order valence-corrected chi connectivity index (χ3v) is 2.33. The van der Waals surface area contributed by atoms with Gasteiger partial charge in [-0.1, -0.05) is 26.8 Å². The van der Waals surface area contributed by atoms with E-state index in [0.29, 0.717) is 0 Å². The first-order valence-electron chi connectivity index (χ1n) is 6.03. The molecular formula is C13H17N3O4. The Hall–Kier alpha value is -2.44. The molecule has 108 valence electrons. The van der Waals surface area contributed by atoms with Crippen LogP contribution in [0.25, 0.3) is 0 Å². The third-order valence-electron chi connectivity index (χ3n) is 2.33. The van der Waals surface area contributed by atoms with Crippen molar-refractivity contribution in [1.82, 2.24) is 10.9 Å². The zero-order chi connectivity index (χ0) is 15.3. The maximum atomic E-state index is 11.7. The van der Waals surface area contributed by atoms with Crippen LogP contribution in [0.3, 0.4) is 0 Å². The molecule has 0 aliphatic heterocycles. The van der Waals surface area contributed by atoms with Crippen molar-refractivity contribution in [2.75, 3.05) is 0 Å². The number of hydrogen-bond acceptors (Lipinski definition) is 4. The molecule has 0 unspecified atom stereocenters. The summed E-state index contributed by atoms with van der Waals surface area (Å²) in [6.07, 6.45) is 0.252. The molecule has 20 heavy (non-hydrogen) atoms. The number of nitro groups is 1. The van der Waals surface area contributed by atoms with Gasteiger partial charge < -0.3 is 0 Å². The lowest BCUT2D eigenvalue weighted by atomic mass is 9.92. The van der Waals surface area contributed by atoms with Crippen LogP contribution in [-0.2, 0) is 4.79 Å². The van der Waals surface area contributed by atoms with Crippen molar-refractivity contribution in [2.45, 2.75) is 27.2 Å². The lowest BCUT2D eigenvalue weighted by Crippen LogP contribution is -2.42. The molecule has 0 heterocycles. The molecular weight excluding hydrogens is 262 g/mol. The number of amides is 2. The number of nitrogens with one attached hydrogen (secondary N) is 2. The molecule has 1 rings (SSSR count). The van der Waals surface area contributed by atoms with E-state index < -0.39 is 10.8 Å². The first-order chi connectivity index (χ1) is 9.19. The van der Waals surface area contributed by atoms with Gasteiger partial charge in [-0.15, -0.1) is 0 Å². The van der Waals surface area contributed by atoms with Gasteiger partial charge in [-0.25, -0.2) is 0 Å². The third kappa shape index (κ3) is 5.05. The van der Waals surface area contributed by atoms with E-state index in [2.05, 4.69) is 10.9 Å². The summed E-state index contributed by atoms with van der Waals surface area (Å²) in [6, 6.07) is 5.27. The zero-order valence-corrected chi connectivity index (χ0v) is 11.6. The maximum absolute atomic E-state index is 11.7. The molecule has 2 amide bonds. The Labute approximate surface area is 116 Å². The lowest BCUT2D eigenvalue weighted by Gasteiger charge is -2.17. The minimum absolute atomic E-state index is 0.107. The van der Waals surface area contributed by atoms with Crippen LogP contribution in [0.5, 0.6) is 0 Å². The van der Waals surface area contributed by atoms with Crippen LogP contribution in [0.1, 0.15) is 37.6 Å². The van der Waals surface area contributed by atoms with Crippen LogP contribution in [0.2, 0.25) is 0 Å². The van der Waals surface area contributed by atoms with Crippen molar-refractivity contribution in [3.8, 4) is 0 Å². The Morgan fingerprint density at radius 1 is 1.25 bits per heavy atom. The molecule has 7 heteroatoms. The summed E-state index contributed by atoms with van der Waals surface area (Å²) in [6.45, 7) is 5.69. The number of rotatable bonds is 3. The van der Waals surface area contributed by atoms with Gasteiger partial charge in [0.1, 0.15) is 0 Å². The molecule has 7 nitrogen and oxygen atoms in total. The monoisotopic (exact) mass is 279 g/mol. The smallest absolute Gasteiger partial charge is 0.270 e. The SMILES string of the molecule is CC(C)(C)CC(=O)NNC(=O)c1cccc([N+](=O)[O-])c1. The van der Waals surface area contributed by atoms with Crippen molar-refractivity contribution in [1.29, 1.82) is 0 Å². The number of nitro benzene ring substituents is 1. The number of hydrogen-bond donors (Lipinski definition) is 2. The van der Waals surface area contributed by atoms with Crippen molar-refractivity contribution in [3.63, 3.8) is 0 Å². The average Bonchev–Trinajstić information content (AvgIpc) is 2.34. The standard InChI is InChI=1S/C13H17N3O4/c1-13(2,3)8-11(17)14-15-12(18)9-5-4-6-10(7-9)16(19)20/h4-7H,8H2,1-3H3,(H,14,17)(H,15,18). The van der Waals surface area contributed by atoms with Crippen molar-refractivity contribution in [3.05, 3.63) is 39.9 Å². The highest BCUT2D eigenvalue weighted by molar-refractivity contribution is 5.95. The number of carbonyl (C=O) groups is 2. The molecule has 1 aromatic carbocycles. The normalized spacial score (nSPS) is 10.8. The van der Waals surface area contributed by atoms with E-state index in [9.17, 15) is 19.7 Å². The zero-order valence-electron chi connectivity index (χ0n) is 11.6. The summed E-state index contributed by atoms with van der Waals surface area (Å²) < 4.78 is 0. The Kier molecular flexibility index (Phi) is 4.79. The fourth-order valence-corrected chi connectivity index (χ4v) is 1.49. The molecule has 1 aromatic rings. The Morgan fingerprint density at radius 3 is 2.45 bits per heavy atom. The van der Waals surface area contributed by atoms with Crippen molar-refractivity contribution < 1.29 is 14.5 Å². The molecule has 0 atom stereocenters. The number of carbonyl (C=O) groups excluding carboxylic acids is 2. The van der Waals surface area contributed by atoms with E-state index >= 15 is 0 Å². The van der Waals surface area contributed by atoms with Gasteiger partial charge in [-0.3, -0.25) is 30.6 Å². The van der Waals surface area contributed by atoms with Gasteiger partial charge in [0.15, 0.2) is 0 Å². The summed E-state index contributed by atoms with van der Waals surface area (Å²) in [7, 11) is 0. The van der Waals surface area contributed by atoms with E-state index in [-0.39, 0.29) is 29.0 Å².